The molecule has 2 saturated carbocycles. The summed E-state index contributed by atoms with van der Waals surface area (Å²) in [6.45, 7) is 8.57. The van der Waals surface area contributed by atoms with Crippen molar-refractivity contribution in [2.45, 2.75) is 103 Å². The van der Waals surface area contributed by atoms with Gasteiger partial charge in [-0.05, 0) is 182 Å². The second-order valence-corrected chi connectivity index (χ2v) is 20.1. The average Bonchev–Trinajstić information content (AvgIpc) is 3.90. The fourth-order valence-corrected chi connectivity index (χ4v) is 9.76. The number of anilines is 1. The Morgan fingerprint density at radius 2 is 0.923 bits per heavy atom. The number of fused-ring (bicyclic) bond motifs is 1. The summed E-state index contributed by atoms with van der Waals surface area (Å²) in [6.07, 6.45) is 14.3. The van der Waals surface area contributed by atoms with Crippen LogP contribution in [0.15, 0.2) is 121 Å². The first-order chi connectivity index (χ1) is 38.0. The van der Waals surface area contributed by atoms with Crippen LogP contribution >= 0.6 is 11.3 Å². The molecule has 0 unspecified atom stereocenters. The van der Waals surface area contributed by atoms with Gasteiger partial charge in [-0.3, -0.25) is 24.6 Å². The van der Waals surface area contributed by atoms with Gasteiger partial charge in [0.05, 0.1) is 66.5 Å². The van der Waals surface area contributed by atoms with Crippen molar-refractivity contribution in [2.24, 2.45) is 28.8 Å². The zero-order valence-electron chi connectivity index (χ0n) is 43.8. The number of esters is 6. The number of nitrogens with zero attached hydrogens (tertiary/aromatic N) is 2. The predicted octanol–water partition coefficient (Wildman–Crippen LogP) is 11.7. The molecule has 1 aromatic heterocycles. The van der Waals surface area contributed by atoms with E-state index in [9.17, 15) is 28.8 Å². The van der Waals surface area contributed by atoms with Gasteiger partial charge in [-0.25, -0.2) is 14.6 Å². The van der Waals surface area contributed by atoms with Crippen molar-refractivity contribution < 1.29 is 66.7 Å². The number of nitrogens with one attached hydrogen (secondary N) is 1. The third-order valence-corrected chi connectivity index (χ3v) is 14.3. The van der Waals surface area contributed by atoms with Crippen molar-refractivity contribution in [3.8, 4) is 34.5 Å². The van der Waals surface area contributed by atoms with E-state index in [1.54, 1.807) is 66.7 Å². The monoisotopic (exact) mass is 1090 g/mol. The summed E-state index contributed by atoms with van der Waals surface area (Å²) in [5.74, 6) is -1.51. The molecule has 4 aromatic carbocycles. The van der Waals surface area contributed by atoms with Gasteiger partial charge in [-0.2, -0.15) is 5.10 Å². The number of ether oxygens (including phenoxy) is 8. The first-order valence-electron chi connectivity index (χ1n) is 26.7. The lowest BCUT2D eigenvalue weighted by molar-refractivity contribution is -0.145. The van der Waals surface area contributed by atoms with E-state index >= 15 is 0 Å². The molecule has 0 spiro atoms. The van der Waals surface area contributed by atoms with Crippen LogP contribution in [0.3, 0.4) is 0 Å². The number of thiazole rings is 1. The maximum atomic E-state index is 13.7. The summed E-state index contributed by atoms with van der Waals surface area (Å²) in [6, 6.07) is 26.2. The van der Waals surface area contributed by atoms with Gasteiger partial charge in [0.25, 0.3) is 0 Å². The Bertz CT molecular complexity index is 2800. The first-order valence-corrected chi connectivity index (χ1v) is 27.5. The number of aromatic nitrogens is 1. The number of rotatable bonds is 29. The molecule has 2 aliphatic rings. The maximum Gasteiger partial charge on any atom is 0.330 e. The van der Waals surface area contributed by atoms with Gasteiger partial charge in [-0.1, -0.05) is 36.6 Å². The first kappa shape index (κ1) is 57.8. The summed E-state index contributed by atoms with van der Waals surface area (Å²) in [4.78, 5) is 80.4. The smallest absolute Gasteiger partial charge is 0.330 e. The van der Waals surface area contributed by atoms with E-state index in [1.807, 2.05) is 24.3 Å². The van der Waals surface area contributed by atoms with E-state index < -0.39 is 35.7 Å². The molecule has 5 aromatic rings. The van der Waals surface area contributed by atoms with Crippen LogP contribution in [0.4, 0.5) is 5.13 Å². The molecule has 0 radical (unpaired) electrons. The summed E-state index contributed by atoms with van der Waals surface area (Å²) >= 11 is 1.43. The SMILES string of the molecule is C=CC(=O)OCCCCCCOc1ccc(OC(=O)C2CCC(C(=O)Oc3ccc(OC(=O)C4CCC(C(=O)Oc5ccc(OCCCCCCOC(=O)C=C)cc5)CC4)c(/C=N/Nc4nc5ccccc5s4)c3)CC2)cc1. The molecule has 18 heteroatoms. The van der Waals surface area contributed by atoms with Crippen molar-refractivity contribution in [2.75, 3.05) is 31.9 Å². The Hall–Kier alpha value is -7.86. The lowest BCUT2D eigenvalue weighted by atomic mass is 9.82. The number of hydrazone groups is 1. The molecule has 2 fully saturated rings. The fourth-order valence-electron chi connectivity index (χ4n) is 8.95. The molecule has 1 heterocycles. The third kappa shape index (κ3) is 18.7. The summed E-state index contributed by atoms with van der Waals surface area (Å²) in [5.41, 5.74) is 4.15. The normalized spacial score (nSPS) is 17.0. The highest BCUT2D eigenvalue weighted by molar-refractivity contribution is 7.22. The lowest BCUT2D eigenvalue weighted by Crippen LogP contribution is -2.30. The number of hydrogen-bond acceptors (Lipinski definition) is 18. The zero-order valence-corrected chi connectivity index (χ0v) is 44.6. The van der Waals surface area contributed by atoms with Crippen molar-refractivity contribution >= 4 is 68.7 Å². The average molecular weight is 1090 g/mol. The molecule has 1 N–H and O–H groups in total. The Labute approximate surface area is 458 Å². The second-order valence-electron chi connectivity index (χ2n) is 19.0. The largest absolute Gasteiger partial charge is 0.494 e. The van der Waals surface area contributed by atoms with Crippen LogP contribution in [-0.4, -0.2) is 73.4 Å². The van der Waals surface area contributed by atoms with Crippen molar-refractivity contribution in [1.82, 2.24) is 4.98 Å². The minimum Gasteiger partial charge on any atom is -0.494 e. The van der Waals surface area contributed by atoms with Crippen LogP contribution in [0.5, 0.6) is 34.5 Å². The van der Waals surface area contributed by atoms with Crippen LogP contribution in [0.2, 0.25) is 0 Å². The molecule has 0 bridgehead atoms. The van der Waals surface area contributed by atoms with Gasteiger partial charge < -0.3 is 37.9 Å². The van der Waals surface area contributed by atoms with Crippen LogP contribution in [0, 0.1) is 23.7 Å². The summed E-state index contributed by atoms with van der Waals surface area (Å²) < 4.78 is 45.9. The standard InChI is InChI=1S/C60H67N3O14S/c1-3-54(64)72-37-13-7-5-11-35-70-46-25-29-48(30-26-46)74-56(66)41-17-19-43(20-18-41)58(68)76-50-33-34-52(45(39-50)40-61-63-60-62-51-15-9-10-16-53(51)78-60)77-59(69)44-23-21-42(22-24-44)57(67)75-49-31-27-47(28-32-49)71-36-12-6-8-14-38-73-55(65)4-2/h3-4,9-10,15-16,25-34,39-44H,1-2,5-8,11-14,17-24,35-38H2,(H,62,63)/b61-40+. The molecular formula is C60H67N3O14S. The fraction of sp³-hybridized carbons (Fsp3) is 0.400. The van der Waals surface area contributed by atoms with E-state index in [0.717, 1.165) is 73.7 Å². The van der Waals surface area contributed by atoms with Crippen molar-refractivity contribution in [3.05, 3.63) is 122 Å². The Balaban J connectivity index is 0.852. The minimum absolute atomic E-state index is 0.211. The number of para-hydroxylation sites is 1. The van der Waals surface area contributed by atoms with Crippen LogP contribution in [-0.2, 0) is 38.2 Å². The van der Waals surface area contributed by atoms with E-state index in [4.69, 9.17) is 37.9 Å². The van der Waals surface area contributed by atoms with E-state index in [0.29, 0.717) is 111 Å². The number of carbonyl (C=O) groups excluding carboxylic acids is 6. The number of hydrogen-bond donors (Lipinski definition) is 1. The van der Waals surface area contributed by atoms with Gasteiger partial charge in [0.1, 0.15) is 34.5 Å². The second kappa shape index (κ2) is 30.8. The van der Waals surface area contributed by atoms with Gasteiger partial charge in [0, 0.05) is 17.7 Å². The van der Waals surface area contributed by atoms with Crippen LogP contribution in [0.1, 0.15) is 108 Å². The molecule has 78 heavy (non-hydrogen) atoms. The number of benzene rings is 4. The van der Waals surface area contributed by atoms with Crippen LogP contribution < -0.4 is 33.8 Å². The maximum absolute atomic E-state index is 13.7. The summed E-state index contributed by atoms with van der Waals surface area (Å²) in [7, 11) is 0. The van der Waals surface area contributed by atoms with E-state index in [2.05, 4.69) is 28.7 Å². The van der Waals surface area contributed by atoms with Gasteiger partial charge in [-0.15, -0.1) is 0 Å². The van der Waals surface area contributed by atoms with E-state index in [-0.39, 0.29) is 35.3 Å². The van der Waals surface area contributed by atoms with Gasteiger partial charge >= 0.3 is 35.8 Å². The van der Waals surface area contributed by atoms with Crippen molar-refractivity contribution in [1.29, 1.82) is 0 Å². The Morgan fingerprint density at radius 3 is 1.38 bits per heavy atom. The molecule has 2 aliphatic carbocycles. The Morgan fingerprint density at radius 1 is 0.513 bits per heavy atom. The van der Waals surface area contributed by atoms with E-state index in [1.165, 1.54) is 17.6 Å². The minimum atomic E-state index is -0.460. The van der Waals surface area contributed by atoms with Gasteiger partial charge in [0.2, 0.25) is 5.13 Å². The molecule has 0 amide bonds. The predicted molar refractivity (Wildman–Crippen MR) is 294 cm³/mol. The summed E-state index contributed by atoms with van der Waals surface area (Å²) in [5, 5.41) is 4.95. The quantitative estimate of drug-likeness (QED) is 0.0118. The Kier molecular flexibility index (Phi) is 22.8. The lowest BCUT2D eigenvalue weighted by Gasteiger charge is -2.26. The highest BCUT2D eigenvalue weighted by Crippen LogP contribution is 2.35. The third-order valence-electron chi connectivity index (χ3n) is 13.4. The molecular weight excluding hydrogens is 1020 g/mol. The van der Waals surface area contributed by atoms with Gasteiger partial charge in [0.15, 0.2) is 0 Å². The molecule has 412 valence electrons. The zero-order chi connectivity index (χ0) is 54.9. The molecule has 17 nitrogen and oxygen atoms in total. The highest BCUT2D eigenvalue weighted by Gasteiger charge is 2.34. The molecule has 7 rings (SSSR count). The van der Waals surface area contributed by atoms with Crippen molar-refractivity contribution in [3.63, 3.8) is 0 Å². The molecule has 0 atom stereocenters. The number of carbonyl (C=O) groups is 6. The molecule has 0 saturated heterocycles. The van der Waals surface area contributed by atoms with Crippen LogP contribution in [0.25, 0.3) is 10.2 Å². The molecule has 0 aliphatic heterocycles. The topological polar surface area (TPSA) is 214 Å². The number of unbranched alkanes of at least 4 members (excludes halogenated alkanes) is 6. The highest BCUT2D eigenvalue weighted by atomic mass is 32.1.